The fraction of sp³-hybridized carbons (Fsp3) is 0.227. The van der Waals surface area contributed by atoms with Gasteiger partial charge in [-0.15, -0.1) is 0 Å². The minimum absolute atomic E-state index is 0.0747. The zero-order valence-corrected chi connectivity index (χ0v) is 16.4. The van der Waals surface area contributed by atoms with Gasteiger partial charge in [-0.25, -0.2) is 9.59 Å². The largest absolute Gasteiger partial charge is 0.477 e. The number of alkyl carbamates (subject to hydrolysis) is 1. The Labute approximate surface area is 177 Å². The van der Waals surface area contributed by atoms with Gasteiger partial charge in [0.1, 0.15) is 24.5 Å². The molecule has 0 saturated carbocycles. The molecule has 31 heavy (non-hydrogen) atoms. The number of nitrogens with zero attached hydrogens (tertiary/aromatic N) is 1. The van der Waals surface area contributed by atoms with E-state index < -0.39 is 24.3 Å². The highest BCUT2D eigenvalue weighted by atomic mass is 16.5. The Morgan fingerprint density at radius 2 is 1.68 bits per heavy atom. The second-order valence-electron chi connectivity index (χ2n) is 7.22. The Balaban J connectivity index is 1.35. The number of ether oxygens (including phenoxy) is 1. The van der Waals surface area contributed by atoms with Gasteiger partial charge in [-0.05, 0) is 22.3 Å². The first kappa shape index (κ1) is 20.6. The summed E-state index contributed by atoms with van der Waals surface area (Å²) >= 11 is 0. The minimum atomic E-state index is -1.54. The number of hydrogen-bond donors (Lipinski definition) is 5. The molecule has 1 aliphatic rings. The number of aliphatic hydroxyl groups is 2. The number of nitrogens with one attached hydrogen (secondary N) is 2. The Kier molecular flexibility index (Phi) is 5.70. The molecule has 0 fully saturated rings. The Morgan fingerprint density at radius 3 is 2.29 bits per heavy atom. The number of carboxylic acid groups (broad SMARTS) is 1. The summed E-state index contributed by atoms with van der Waals surface area (Å²) in [4.78, 5) is 23.3. The standard InChI is InChI=1S/C22H21N3O6/c26-18(20(27)16-9-24-25-19(16)21(28)29)10-23-22(30)31-11-17-14-7-3-1-5-12(14)13-6-2-4-8-15(13)17/h1-9,17-18,20,26-27H,10-11H2,(H,23,30)(H,24,25)(H,28,29). The van der Waals surface area contributed by atoms with E-state index in [1.807, 2.05) is 48.5 Å². The quantitative estimate of drug-likeness (QED) is 0.391. The summed E-state index contributed by atoms with van der Waals surface area (Å²) in [5.74, 6) is -1.42. The van der Waals surface area contributed by atoms with Gasteiger partial charge in [0, 0.05) is 18.0 Å². The van der Waals surface area contributed by atoms with Gasteiger partial charge in [-0.2, -0.15) is 5.10 Å². The summed E-state index contributed by atoms with van der Waals surface area (Å²) in [6.07, 6.45) is -2.63. The number of aromatic carboxylic acids is 1. The van der Waals surface area contributed by atoms with Crippen LogP contribution in [-0.4, -0.2) is 56.8 Å². The number of carboxylic acids is 1. The normalized spacial score (nSPS) is 14.4. The average Bonchev–Trinajstić information content (AvgIpc) is 3.39. The van der Waals surface area contributed by atoms with Crippen molar-refractivity contribution >= 4 is 12.1 Å². The number of benzene rings is 2. The van der Waals surface area contributed by atoms with Crippen LogP contribution in [0.25, 0.3) is 11.1 Å². The first-order valence-electron chi connectivity index (χ1n) is 9.69. The maximum absolute atomic E-state index is 12.2. The van der Waals surface area contributed by atoms with Gasteiger partial charge < -0.3 is 25.4 Å². The molecule has 1 heterocycles. The maximum atomic E-state index is 12.2. The van der Waals surface area contributed by atoms with Crippen molar-refractivity contribution in [3.05, 3.63) is 77.1 Å². The topological polar surface area (TPSA) is 145 Å². The highest BCUT2D eigenvalue weighted by Crippen LogP contribution is 2.44. The van der Waals surface area contributed by atoms with Crippen LogP contribution in [0, 0.1) is 0 Å². The van der Waals surface area contributed by atoms with Gasteiger partial charge in [-0.1, -0.05) is 48.5 Å². The SMILES string of the molecule is O=C(NCC(O)C(O)c1cn[nH]c1C(=O)O)OCC1c2ccccc2-c2ccccc21. The van der Waals surface area contributed by atoms with E-state index in [9.17, 15) is 19.8 Å². The van der Waals surface area contributed by atoms with Gasteiger partial charge >= 0.3 is 12.1 Å². The van der Waals surface area contributed by atoms with Crippen molar-refractivity contribution < 1.29 is 29.6 Å². The molecule has 0 saturated heterocycles. The maximum Gasteiger partial charge on any atom is 0.407 e. The Morgan fingerprint density at radius 1 is 1.06 bits per heavy atom. The highest BCUT2D eigenvalue weighted by Gasteiger charge is 2.29. The van der Waals surface area contributed by atoms with Crippen molar-refractivity contribution in [1.29, 1.82) is 0 Å². The number of amides is 1. The molecule has 9 heteroatoms. The molecule has 4 rings (SSSR count). The summed E-state index contributed by atoms with van der Waals surface area (Å²) in [6.45, 7) is -0.217. The van der Waals surface area contributed by atoms with E-state index in [0.717, 1.165) is 28.5 Å². The van der Waals surface area contributed by atoms with Crippen molar-refractivity contribution in [3.63, 3.8) is 0 Å². The summed E-state index contributed by atoms with van der Waals surface area (Å²) in [5.41, 5.74) is 3.98. The second kappa shape index (κ2) is 8.58. The lowest BCUT2D eigenvalue weighted by Crippen LogP contribution is -2.36. The smallest absolute Gasteiger partial charge is 0.407 e. The monoisotopic (exact) mass is 423 g/mol. The molecule has 1 amide bonds. The molecule has 0 bridgehead atoms. The predicted molar refractivity (Wildman–Crippen MR) is 110 cm³/mol. The fourth-order valence-corrected chi connectivity index (χ4v) is 3.85. The molecule has 2 aromatic carbocycles. The molecule has 5 N–H and O–H groups in total. The van der Waals surface area contributed by atoms with Gasteiger partial charge in [0.2, 0.25) is 0 Å². The number of H-pyrrole nitrogens is 1. The number of hydrogen-bond acceptors (Lipinski definition) is 6. The van der Waals surface area contributed by atoms with Crippen LogP contribution in [0.1, 0.15) is 39.2 Å². The number of fused-ring (bicyclic) bond motifs is 3. The number of carbonyl (C=O) groups is 2. The third kappa shape index (κ3) is 4.00. The number of aliphatic hydroxyl groups excluding tert-OH is 2. The van der Waals surface area contributed by atoms with Crippen LogP contribution in [0.3, 0.4) is 0 Å². The molecule has 1 aromatic heterocycles. The van der Waals surface area contributed by atoms with E-state index in [1.165, 1.54) is 0 Å². The number of aromatic nitrogens is 2. The zero-order chi connectivity index (χ0) is 22.0. The molecule has 2 unspecified atom stereocenters. The predicted octanol–water partition coefficient (Wildman–Crippen LogP) is 2.04. The second-order valence-corrected chi connectivity index (χ2v) is 7.22. The van der Waals surface area contributed by atoms with Crippen LogP contribution < -0.4 is 5.32 Å². The number of carbonyl (C=O) groups excluding carboxylic acids is 1. The van der Waals surface area contributed by atoms with Crippen LogP contribution in [0.2, 0.25) is 0 Å². The van der Waals surface area contributed by atoms with Crippen molar-refractivity contribution in [1.82, 2.24) is 15.5 Å². The van der Waals surface area contributed by atoms with Crippen LogP contribution >= 0.6 is 0 Å². The van der Waals surface area contributed by atoms with Crippen LogP contribution in [0.5, 0.6) is 0 Å². The Hall–Kier alpha value is -3.69. The third-order valence-electron chi connectivity index (χ3n) is 5.36. The number of rotatable bonds is 7. The van der Waals surface area contributed by atoms with Crippen LogP contribution in [0.4, 0.5) is 4.79 Å². The zero-order valence-electron chi connectivity index (χ0n) is 16.4. The molecule has 9 nitrogen and oxygen atoms in total. The first-order chi connectivity index (χ1) is 15.0. The van der Waals surface area contributed by atoms with Gasteiger partial charge in [0.05, 0.1) is 6.20 Å². The lowest BCUT2D eigenvalue weighted by atomic mass is 9.98. The van der Waals surface area contributed by atoms with Crippen LogP contribution in [0.15, 0.2) is 54.7 Å². The molecule has 160 valence electrons. The number of aromatic amines is 1. The van der Waals surface area contributed by atoms with E-state index >= 15 is 0 Å². The van der Waals surface area contributed by atoms with Crippen molar-refractivity contribution in [2.75, 3.05) is 13.2 Å². The third-order valence-corrected chi connectivity index (χ3v) is 5.36. The lowest BCUT2D eigenvalue weighted by Gasteiger charge is -2.19. The molecule has 0 aliphatic heterocycles. The summed E-state index contributed by atoms with van der Waals surface area (Å²) in [5, 5.41) is 37.6. The summed E-state index contributed by atoms with van der Waals surface area (Å²) in [6, 6.07) is 15.9. The van der Waals surface area contributed by atoms with Crippen molar-refractivity contribution in [2.45, 2.75) is 18.1 Å². The van der Waals surface area contributed by atoms with Gasteiger partial charge in [0.15, 0.2) is 0 Å². The fourth-order valence-electron chi connectivity index (χ4n) is 3.85. The molecule has 0 spiro atoms. The van der Waals surface area contributed by atoms with E-state index in [-0.39, 0.29) is 30.3 Å². The summed E-state index contributed by atoms with van der Waals surface area (Å²) in [7, 11) is 0. The van der Waals surface area contributed by atoms with Crippen molar-refractivity contribution in [2.24, 2.45) is 0 Å². The van der Waals surface area contributed by atoms with E-state index in [0.29, 0.717) is 0 Å². The first-order valence-corrected chi connectivity index (χ1v) is 9.69. The molecule has 1 aliphatic carbocycles. The van der Waals surface area contributed by atoms with Gasteiger partial charge in [0.25, 0.3) is 0 Å². The van der Waals surface area contributed by atoms with Gasteiger partial charge in [-0.3, -0.25) is 5.10 Å². The van der Waals surface area contributed by atoms with Crippen molar-refractivity contribution in [3.8, 4) is 11.1 Å². The highest BCUT2D eigenvalue weighted by molar-refractivity contribution is 5.87. The lowest BCUT2D eigenvalue weighted by molar-refractivity contribution is 0.0175. The van der Waals surface area contributed by atoms with E-state index in [2.05, 4.69) is 15.5 Å². The van der Waals surface area contributed by atoms with E-state index in [4.69, 9.17) is 9.84 Å². The average molecular weight is 423 g/mol. The molecule has 2 atom stereocenters. The Bertz CT molecular complexity index is 1070. The minimum Gasteiger partial charge on any atom is -0.477 e. The molecular weight excluding hydrogens is 402 g/mol. The molecule has 0 radical (unpaired) electrons. The van der Waals surface area contributed by atoms with Crippen LogP contribution in [-0.2, 0) is 4.74 Å². The molecular formula is C22H21N3O6. The summed E-state index contributed by atoms with van der Waals surface area (Å²) < 4.78 is 5.37. The molecule has 3 aromatic rings. The van der Waals surface area contributed by atoms with E-state index in [1.54, 1.807) is 0 Å².